The van der Waals surface area contributed by atoms with Gasteiger partial charge in [0.05, 0.1) is 4.90 Å². The van der Waals surface area contributed by atoms with Crippen LogP contribution in [0.3, 0.4) is 0 Å². The quantitative estimate of drug-likeness (QED) is 0.593. The average Bonchev–Trinajstić information content (AvgIpc) is 3.03. The minimum Gasteiger partial charge on any atom is -0.351 e. The molecule has 1 amide bonds. The van der Waals surface area contributed by atoms with Crippen LogP contribution in [0, 0.1) is 6.92 Å². The van der Waals surface area contributed by atoms with E-state index in [1.54, 1.807) is 41.7 Å². The number of amides is 1. The molecule has 0 aliphatic carbocycles. The van der Waals surface area contributed by atoms with Gasteiger partial charge >= 0.3 is 0 Å². The molecule has 2 rings (SSSR count). The maximum absolute atomic E-state index is 12.0. The Balaban J connectivity index is 1.76. The fourth-order valence-electron chi connectivity index (χ4n) is 1.77. The number of aryl methyl sites for hydroxylation is 1. The van der Waals surface area contributed by atoms with Crippen molar-refractivity contribution in [3.63, 3.8) is 0 Å². The zero-order valence-electron chi connectivity index (χ0n) is 12.7. The number of benzene rings is 1. The van der Waals surface area contributed by atoms with Crippen LogP contribution >= 0.6 is 11.3 Å². The Kier molecular flexibility index (Phi) is 6.09. The van der Waals surface area contributed by atoms with Crippen molar-refractivity contribution >= 4 is 33.3 Å². The molecule has 1 aromatic carbocycles. The number of sulfonamides is 1. The molecule has 0 radical (unpaired) electrons. The molecule has 0 saturated heterocycles. The number of hydrogen-bond acceptors (Lipinski definition) is 4. The third-order valence-electron chi connectivity index (χ3n) is 3.02. The predicted octanol–water partition coefficient (Wildman–Crippen LogP) is 2.16. The van der Waals surface area contributed by atoms with Crippen molar-refractivity contribution in [2.24, 2.45) is 0 Å². The van der Waals surface area contributed by atoms with Gasteiger partial charge in [0, 0.05) is 19.2 Å². The first-order valence-electron chi connectivity index (χ1n) is 7.02. The van der Waals surface area contributed by atoms with E-state index in [0.29, 0.717) is 0 Å². The average molecular weight is 350 g/mol. The molecule has 5 nitrogen and oxygen atoms in total. The van der Waals surface area contributed by atoms with Gasteiger partial charge in [0.15, 0.2) is 0 Å². The number of thiophene rings is 1. The molecule has 7 heteroatoms. The Morgan fingerprint density at radius 3 is 2.57 bits per heavy atom. The molecule has 122 valence electrons. The van der Waals surface area contributed by atoms with Crippen molar-refractivity contribution in [1.29, 1.82) is 0 Å². The molecule has 0 fully saturated rings. The van der Waals surface area contributed by atoms with Crippen molar-refractivity contribution < 1.29 is 13.2 Å². The lowest BCUT2D eigenvalue weighted by Gasteiger charge is -2.07. The van der Waals surface area contributed by atoms with Crippen molar-refractivity contribution in [2.75, 3.05) is 13.1 Å². The van der Waals surface area contributed by atoms with E-state index in [1.165, 1.54) is 6.08 Å². The highest BCUT2D eigenvalue weighted by molar-refractivity contribution is 7.89. The fraction of sp³-hybridized carbons (Fsp3) is 0.188. The second kappa shape index (κ2) is 8.05. The molecule has 0 spiro atoms. The molecule has 0 aliphatic rings. The van der Waals surface area contributed by atoms with Crippen molar-refractivity contribution in [3.8, 4) is 0 Å². The van der Waals surface area contributed by atoms with Gasteiger partial charge in [-0.25, -0.2) is 13.1 Å². The van der Waals surface area contributed by atoms with Crippen molar-refractivity contribution in [1.82, 2.24) is 10.0 Å². The van der Waals surface area contributed by atoms with Crippen LogP contribution in [-0.4, -0.2) is 27.4 Å². The normalized spacial score (nSPS) is 11.7. The summed E-state index contributed by atoms with van der Waals surface area (Å²) < 4.78 is 26.5. The summed E-state index contributed by atoms with van der Waals surface area (Å²) in [5.41, 5.74) is 1.96. The highest BCUT2D eigenvalue weighted by atomic mass is 32.2. The van der Waals surface area contributed by atoms with Gasteiger partial charge in [-0.15, -0.1) is 0 Å². The van der Waals surface area contributed by atoms with Crippen LogP contribution in [0.25, 0.3) is 6.08 Å². The van der Waals surface area contributed by atoms with Gasteiger partial charge in [0.2, 0.25) is 15.9 Å². The smallest absolute Gasteiger partial charge is 0.244 e. The number of carbonyl (C=O) groups excluding carboxylic acids is 1. The van der Waals surface area contributed by atoms with Crippen LogP contribution in [0.5, 0.6) is 0 Å². The summed E-state index contributed by atoms with van der Waals surface area (Å²) in [5, 5.41) is 6.49. The van der Waals surface area contributed by atoms with Gasteiger partial charge in [-0.2, -0.15) is 11.3 Å². The Morgan fingerprint density at radius 1 is 1.17 bits per heavy atom. The van der Waals surface area contributed by atoms with E-state index < -0.39 is 10.0 Å². The summed E-state index contributed by atoms with van der Waals surface area (Å²) in [7, 11) is -3.54. The number of nitrogens with one attached hydrogen (secondary N) is 2. The lowest BCUT2D eigenvalue weighted by atomic mass is 10.2. The molecule has 0 unspecified atom stereocenters. The molecule has 0 atom stereocenters. The Hall–Kier alpha value is -1.96. The standard InChI is InChI=1S/C16H18N2O3S2/c1-13-2-5-15(6-3-13)23(20,21)18-10-9-17-16(19)7-4-14-8-11-22-12-14/h2-8,11-12,18H,9-10H2,1H3,(H,17,19)/b7-4+. The van der Waals surface area contributed by atoms with Gasteiger partial charge in [0.25, 0.3) is 0 Å². The molecule has 1 aromatic heterocycles. The number of rotatable bonds is 7. The van der Waals surface area contributed by atoms with E-state index in [9.17, 15) is 13.2 Å². The largest absolute Gasteiger partial charge is 0.351 e. The van der Waals surface area contributed by atoms with Gasteiger partial charge in [0.1, 0.15) is 0 Å². The zero-order chi connectivity index (χ0) is 16.7. The summed E-state index contributed by atoms with van der Waals surface area (Å²) in [4.78, 5) is 11.8. The van der Waals surface area contributed by atoms with E-state index >= 15 is 0 Å². The van der Waals surface area contributed by atoms with Gasteiger partial charge in [-0.05, 0) is 47.5 Å². The maximum atomic E-state index is 12.0. The van der Waals surface area contributed by atoms with Crippen molar-refractivity contribution in [2.45, 2.75) is 11.8 Å². The number of carbonyl (C=O) groups is 1. The predicted molar refractivity (Wildman–Crippen MR) is 92.7 cm³/mol. The van der Waals surface area contributed by atoms with Crippen LogP contribution < -0.4 is 10.0 Å². The first-order valence-corrected chi connectivity index (χ1v) is 9.44. The summed E-state index contributed by atoms with van der Waals surface area (Å²) in [6.45, 7) is 2.25. The first-order chi connectivity index (χ1) is 11.0. The van der Waals surface area contributed by atoms with E-state index in [0.717, 1.165) is 11.1 Å². The van der Waals surface area contributed by atoms with Crippen LogP contribution in [0.1, 0.15) is 11.1 Å². The second-order valence-electron chi connectivity index (χ2n) is 4.89. The molecule has 1 heterocycles. The Bertz CT molecular complexity index is 764. The summed E-state index contributed by atoms with van der Waals surface area (Å²) in [6.07, 6.45) is 3.14. The van der Waals surface area contributed by atoms with E-state index in [1.807, 2.05) is 23.8 Å². The van der Waals surface area contributed by atoms with Gasteiger partial charge in [-0.1, -0.05) is 17.7 Å². The molecule has 0 bridgehead atoms. The van der Waals surface area contributed by atoms with E-state index in [2.05, 4.69) is 10.0 Å². The summed E-state index contributed by atoms with van der Waals surface area (Å²) >= 11 is 1.55. The molecule has 2 N–H and O–H groups in total. The second-order valence-corrected chi connectivity index (χ2v) is 7.44. The van der Waals surface area contributed by atoms with Crippen LogP contribution in [0.4, 0.5) is 0 Å². The zero-order valence-corrected chi connectivity index (χ0v) is 14.3. The lowest BCUT2D eigenvalue weighted by Crippen LogP contribution is -2.34. The minimum absolute atomic E-state index is 0.133. The molecule has 0 aliphatic heterocycles. The molecule has 0 saturated carbocycles. The van der Waals surface area contributed by atoms with Crippen LogP contribution in [0.2, 0.25) is 0 Å². The first kappa shape index (κ1) is 17.4. The number of hydrogen-bond donors (Lipinski definition) is 2. The molecular formula is C16H18N2O3S2. The topological polar surface area (TPSA) is 75.3 Å². The van der Waals surface area contributed by atoms with E-state index in [-0.39, 0.29) is 23.9 Å². The fourth-order valence-corrected chi connectivity index (χ4v) is 3.43. The van der Waals surface area contributed by atoms with Crippen molar-refractivity contribution in [3.05, 3.63) is 58.3 Å². The van der Waals surface area contributed by atoms with Gasteiger partial charge < -0.3 is 5.32 Å². The SMILES string of the molecule is Cc1ccc(S(=O)(=O)NCCNC(=O)/C=C/c2ccsc2)cc1. The molecule has 2 aromatic rings. The Labute approximate surface area is 140 Å². The highest BCUT2D eigenvalue weighted by Crippen LogP contribution is 2.09. The van der Waals surface area contributed by atoms with Crippen LogP contribution in [-0.2, 0) is 14.8 Å². The van der Waals surface area contributed by atoms with E-state index in [4.69, 9.17) is 0 Å². The third-order valence-corrected chi connectivity index (χ3v) is 5.20. The minimum atomic E-state index is -3.54. The van der Waals surface area contributed by atoms with Crippen LogP contribution in [0.15, 0.2) is 52.1 Å². The third kappa shape index (κ3) is 5.63. The molecule has 23 heavy (non-hydrogen) atoms. The lowest BCUT2D eigenvalue weighted by molar-refractivity contribution is -0.116. The Morgan fingerprint density at radius 2 is 1.91 bits per heavy atom. The highest BCUT2D eigenvalue weighted by Gasteiger charge is 2.12. The molecular weight excluding hydrogens is 332 g/mol. The van der Waals surface area contributed by atoms with Gasteiger partial charge in [-0.3, -0.25) is 4.79 Å². The summed E-state index contributed by atoms with van der Waals surface area (Å²) in [5.74, 6) is -0.259. The monoisotopic (exact) mass is 350 g/mol. The maximum Gasteiger partial charge on any atom is 0.244 e. The summed E-state index contributed by atoms with van der Waals surface area (Å²) in [6, 6.07) is 8.50.